The van der Waals surface area contributed by atoms with Crippen molar-refractivity contribution in [2.24, 2.45) is 0 Å². The molecule has 0 bridgehead atoms. The molecule has 1 fully saturated rings. The minimum atomic E-state index is -1.69. The normalized spacial score (nSPS) is 21.4. The van der Waals surface area contributed by atoms with Gasteiger partial charge in [-0.2, -0.15) is 0 Å². The molecule has 43 heavy (non-hydrogen) atoms. The van der Waals surface area contributed by atoms with Crippen LogP contribution in [0.4, 0.5) is 0 Å². The van der Waals surface area contributed by atoms with E-state index in [-0.39, 0.29) is 24.3 Å². The van der Waals surface area contributed by atoms with Crippen LogP contribution in [0.2, 0.25) is 0 Å². The summed E-state index contributed by atoms with van der Waals surface area (Å²) in [7, 11) is 0. The Kier molecular flexibility index (Phi) is 9.91. The van der Waals surface area contributed by atoms with Crippen molar-refractivity contribution < 1.29 is 43.2 Å². The lowest BCUT2D eigenvalue weighted by molar-refractivity contribution is -0.294. The average Bonchev–Trinajstić information content (AvgIpc) is 3.06. The second-order valence-corrected chi connectivity index (χ2v) is 9.76. The van der Waals surface area contributed by atoms with Gasteiger partial charge in [0, 0.05) is 0 Å². The number of hydrogen-bond acceptors (Lipinski definition) is 9. The van der Waals surface area contributed by atoms with Crippen LogP contribution < -0.4 is 0 Å². The summed E-state index contributed by atoms with van der Waals surface area (Å²) in [4.78, 5) is 39.0. The molecule has 4 aromatic rings. The van der Waals surface area contributed by atoms with Crippen LogP contribution in [0.1, 0.15) is 36.6 Å². The van der Waals surface area contributed by atoms with E-state index in [2.05, 4.69) is 0 Å². The molecule has 9 heteroatoms. The maximum Gasteiger partial charge on any atom is 0.338 e. The van der Waals surface area contributed by atoms with E-state index in [9.17, 15) is 19.5 Å². The van der Waals surface area contributed by atoms with Crippen molar-refractivity contribution in [1.29, 1.82) is 0 Å². The van der Waals surface area contributed by atoms with E-state index in [1.807, 2.05) is 30.3 Å². The highest BCUT2D eigenvalue weighted by Crippen LogP contribution is 2.30. The Bertz CT molecular complexity index is 1480. The Hall–Kier alpha value is -4.83. The van der Waals surface area contributed by atoms with Crippen LogP contribution in [-0.4, -0.2) is 60.3 Å². The summed E-state index contributed by atoms with van der Waals surface area (Å²) in [6.45, 7) is -0.352. The van der Waals surface area contributed by atoms with Gasteiger partial charge in [0.25, 0.3) is 0 Å². The highest BCUT2D eigenvalue weighted by Gasteiger charge is 2.51. The van der Waals surface area contributed by atoms with Crippen LogP contribution in [0.25, 0.3) is 0 Å². The Labute approximate surface area is 248 Å². The fraction of sp³-hybridized carbons (Fsp3) is 0.206. The van der Waals surface area contributed by atoms with Crippen molar-refractivity contribution in [2.45, 2.75) is 37.3 Å². The smallest absolute Gasteiger partial charge is 0.338 e. The van der Waals surface area contributed by atoms with Crippen molar-refractivity contribution in [2.75, 3.05) is 6.61 Å². The lowest BCUT2D eigenvalue weighted by Crippen LogP contribution is -2.62. The summed E-state index contributed by atoms with van der Waals surface area (Å²) < 4.78 is 29.1. The summed E-state index contributed by atoms with van der Waals surface area (Å²) in [6.07, 6.45) is -6.71. The number of carbonyl (C=O) groups excluding carboxylic acids is 3. The van der Waals surface area contributed by atoms with E-state index in [1.54, 1.807) is 91.0 Å². The minimum Gasteiger partial charge on any atom is -0.459 e. The maximum absolute atomic E-state index is 13.3. The van der Waals surface area contributed by atoms with Crippen LogP contribution in [0.3, 0.4) is 0 Å². The van der Waals surface area contributed by atoms with Gasteiger partial charge in [0.1, 0.15) is 18.8 Å². The fourth-order valence-corrected chi connectivity index (χ4v) is 4.60. The third kappa shape index (κ3) is 7.72. The quantitative estimate of drug-likeness (QED) is 0.212. The van der Waals surface area contributed by atoms with E-state index in [0.29, 0.717) is 5.56 Å². The Morgan fingerprint density at radius 2 is 1.02 bits per heavy atom. The molecule has 4 aromatic carbocycles. The third-order valence-electron chi connectivity index (χ3n) is 6.79. The van der Waals surface area contributed by atoms with E-state index in [0.717, 1.165) is 5.56 Å². The molecular formula is C34H30O9. The predicted molar refractivity (Wildman–Crippen MR) is 154 cm³/mol. The SMILES string of the molecule is O=C(OCC1OC(O)C(OC(=O)c2ccccc2)[C@H](OCc2ccccc2)[C@@H]1OC(=O)c1ccccc1)c1ccccc1. The number of ether oxygens (including phenoxy) is 5. The van der Waals surface area contributed by atoms with Gasteiger partial charge in [-0.05, 0) is 42.0 Å². The van der Waals surface area contributed by atoms with E-state index in [4.69, 9.17) is 23.7 Å². The molecule has 1 heterocycles. The van der Waals surface area contributed by atoms with Gasteiger partial charge in [-0.25, -0.2) is 14.4 Å². The first kappa shape index (κ1) is 29.7. The molecule has 0 radical (unpaired) electrons. The second kappa shape index (κ2) is 14.4. The summed E-state index contributed by atoms with van der Waals surface area (Å²) >= 11 is 0. The Morgan fingerprint density at radius 1 is 0.581 bits per heavy atom. The van der Waals surface area contributed by atoms with Gasteiger partial charge in [-0.15, -0.1) is 0 Å². The van der Waals surface area contributed by atoms with Gasteiger partial charge in [-0.3, -0.25) is 0 Å². The van der Waals surface area contributed by atoms with Gasteiger partial charge in [0.05, 0.1) is 23.3 Å². The van der Waals surface area contributed by atoms with E-state index in [1.165, 1.54) is 0 Å². The zero-order valence-corrected chi connectivity index (χ0v) is 23.1. The summed E-state index contributed by atoms with van der Waals surface area (Å²) in [5.74, 6) is -2.07. The first-order chi connectivity index (χ1) is 21.0. The number of aliphatic hydroxyl groups excluding tert-OH is 1. The van der Waals surface area contributed by atoms with Gasteiger partial charge >= 0.3 is 17.9 Å². The Balaban J connectivity index is 1.44. The first-order valence-electron chi connectivity index (χ1n) is 13.7. The number of benzene rings is 4. The maximum atomic E-state index is 13.3. The fourth-order valence-electron chi connectivity index (χ4n) is 4.60. The third-order valence-corrected chi connectivity index (χ3v) is 6.79. The van der Waals surface area contributed by atoms with E-state index < -0.39 is 48.6 Å². The monoisotopic (exact) mass is 582 g/mol. The molecule has 0 spiro atoms. The molecule has 0 saturated carbocycles. The standard InChI is InChI=1S/C34H30O9/c35-31(24-15-7-2-8-16-24)40-22-27-28(42-32(36)25-17-9-3-10-18-25)29(39-21-23-13-5-1-6-14-23)30(34(38)41-27)43-33(37)26-19-11-4-12-20-26/h1-20,27-30,34,38H,21-22H2/t27?,28-,29-,30?,34?/m1/s1. The van der Waals surface area contributed by atoms with Crippen LogP contribution in [0.15, 0.2) is 121 Å². The minimum absolute atomic E-state index is 0.0352. The van der Waals surface area contributed by atoms with Crippen LogP contribution in [0, 0.1) is 0 Å². The van der Waals surface area contributed by atoms with Crippen molar-refractivity contribution in [3.05, 3.63) is 144 Å². The van der Waals surface area contributed by atoms with Gasteiger partial charge in [0.2, 0.25) is 0 Å². The molecule has 9 nitrogen and oxygen atoms in total. The number of rotatable bonds is 10. The van der Waals surface area contributed by atoms with Gasteiger partial charge in [0.15, 0.2) is 18.5 Å². The van der Waals surface area contributed by atoms with Crippen molar-refractivity contribution in [1.82, 2.24) is 0 Å². The molecule has 0 amide bonds. The van der Waals surface area contributed by atoms with Crippen LogP contribution >= 0.6 is 0 Å². The van der Waals surface area contributed by atoms with Crippen molar-refractivity contribution >= 4 is 17.9 Å². The van der Waals surface area contributed by atoms with Crippen molar-refractivity contribution in [3.8, 4) is 0 Å². The molecule has 1 aliphatic heterocycles. The Morgan fingerprint density at radius 3 is 1.53 bits per heavy atom. The molecule has 3 unspecified atom stereocenters. The predicted octanol–water partition coefficient (Wildman–Crippen LogP) is 4.60. The van der Waals surface area contributed by atoms with Gasteiger partial charge < -0.3 is 28.8 Å². The molecular weight excluding hydrogens is 552 g/mol. The van der Waals surface area contributed by atoms with Crippen molar-refractivity contribution in [3.63, 3.8) is 0 Å². The zero-order chi connectivity index (χ0) is 30.0. The molecule has 0 aliphatic carbocycles. The number of carbonyl (C=O) groups is 3. The molecule has 1 saturated heterocycles. The average molecular weight is 583 g/mol. The van der Waals surface area contributed by atoms with Crippen LogP contribution in [0.5, 0.6) is 0 Å². The zero-order valence-electron chi connectivity index (χ0n) is 23.1. The highest BCUT2D eigenvalue weighted by atomic mass is 16.7. The van der Waals surface area contributed by atoms with E-state index >= 15 is 0 Å². The first-order valence-corrected chi connectivity index (χ1v) is 13.7. The number of aliphatic hydroxyl groups is 1. The number of esters is 3. The summed E-state index contributed by atoms with van der Waals surface area (Å²) in [5.41, 5.74) is 1.60. The highest BCUT2D eigenvalue weighted by molar-refractivity contribution is 5.90. The van der Waals surface area contributed by atoms with Crippen LogP contribution in [-0.2, 0) is 30.3 Å². The molecule has 0 aromatic heterocycles. The molecule has 5 rings (SSSR count). The summed E-state index contributed by atoms with van der Waals surface area (Å²) in [5, 5.41) is 11.1. The molecule has 1 N–H and O–H groups in total. The second-order valence-electron chi connectivity index (χ2n) is 9.76. The lowest BCUT2D eigenvalue weighted by atomic mass is 9.97. The lowest BCUT2D eigenvalue weighted by Gasteiger charge is -2.43. The molecule has 1 aliphatic rings. The number of hydrogen-bond donors (Lipinski definition) is 1. The topological polar surface area (TPSA) is 118 Å². The molecule has 5 atom stereocenters. The van der Waals surface area contributed by atoms with Gasteiger partial charge in [-0.1, -0.05) is 84.9 Å². The summed E-state index contributed by atoms with van der Waals surface area (Å²) in [6, 6.07) is 34.1. The molecule has 220 valence electrons. The largest absolute Gasteiger partial charge is 0.459 e.